The Morgan fingerprint density at radius 3 is 2.75 bits per heavy atom. The van der Waals surface area contributed by atoms with Gasteiger partial charge in [-0.3, -0.25) is 9.78 Å². The summed E-state index contributed by atoms with van der Waals surface area (Å²) in [5, 5.41) is 4.62. The molecular weight excluding hydrogens is 440 g/mol. The van der Waals surface area contributed by atoms with Crippen LogP contribution in [0.2, 0.25) is 5.02 Å². The molecule has 4 rings (SSSR count). The zero-order valence-electron chi connectivity index (χ0n) is 17.9. The van der Waals surface area contributed by atoms with Gasteiger partial charge in [0.2, 0.25) is 0 Å². The molecule has 0 saturated heterocycles. The third-order valence-electron chi connectivity index (χ3n) is 5.15. The quantitative estimate of drug-likeness (QED) is 0.245. The normalized spacial score (nSPS) is 11.1. The van der Waals surface area contributed by atoms with Crippen LogP contribution in [0, 0.1) is 0 Å². The second-order valence-corrected chi connectivity index (χ2v) is 8.95. The van der Waals surface area contributed by atoms with Gasteiger partial charge >= 0.3 is 0 Å². The number of unbranched alkanes of at least 4 members (excludes halogenated alkanes) is 1. The summed E-state index contributed by atoms with van der Waals surface area (Å²) in [6.45, 7) is 3.47. The number of rotatable bonds is 9. The molecule has 0 radical (unpaired) electrons. The molecule has 0 aliphatic rings. The van der Waals surface area contributed by atoms with E-state index in [1.807, 2.05) is 54.7 Å². The molecule has 164 valence electrons. The summed E-state index contributed by atoms with van der Waals surface area (Å²) in [4.78, 5) is 21.4. The molecule has 0 aliphatic heterocycles. The van der Waals surface area contributed by atoms with Crippen LogP contribution in [0.25, 0.3) is 11.0 Å². The predicted octanol–water partition coefficient (Wildman–Crippen LogP) is 5.96. The zero-order chi connectivity index (χ0) is 22.3. The number of thioether (sulfide) groups is 1. The summed E-state index contributed by atoms with van der Waals surface area (Å²) in [5.41, 5.74) is 4.83. The van der Waals surface area contributed by atoms with Crippen LogP contribution in [-0.2, 0) is 12.3 Å². The molecule has 32 heavy (non-hydrogen) atoms. The number of halogens is 1. The SMILES string of the molecule is CCCCNC(=O)c1ccc(Cn2c(SCc3cccc(Cl)c3)nc3ccncc32)cc1. The summed E-state index contributed by atoms with van der Waals surface area (Å²) in [6, 6.07) is 17.6. The Labute approximate surface area is 197 Å². The van der Waals surface area contributed by atoms with E-state index in [0.717, 1.165) is 50.9 Å². The Balaban J connectivity index is 1.53. The number of benzene rings is 2. The van der Waals surface area contributed by atoms with Gasteiger partial charge in [-0.15, -0.1) is 0 Å². The van der Waals surface area contributed by atoms with Crippen molar-refractivity contribution in [3.8, 4) is 0 Å². The number of hydrogen-bond acceptors (Lipinski definition) is 4. The van der Waals surface area contributed by atoms with Gasteiger partial charge in [-0.1, -0.05) is 61.0 Å². The molecule has 1 N–H and O–H groups in total. The predicted molar refractivity (Wildman–Crippen MR) is 131 cm³/mol. The maximum Gasteiger partial charge on any atom is 0.251 e. The fourth-order valence-electron chi connectivity index (χ4n) is 3.41. The van der Waals surface area contributed by atoms with Crippen LogP contribution in [0.3, 0.4) is 0 Å². The summed E-state index contributed by atoms with van der Waals surface area (Å²) in [5.74, 6) is 0.744. The number of fused-ring (bicyclic) bond motifs is 1. The Morgan fingerprint density at radius 2 is 1.97 bits per heavy atom. The van der Waals surface area contributed by atoms with Gasteiger partial charge in [0.1, 0.15) is 0 Å². The van der Waals surface area contributed by atoms with E-state index in [1.165, 1.54) is 0 Å². The van der Waals surface area contributed by atoms with Crippen molar-refractivity contribution < 1.29 is 4.79 Å². The maximum absolute atomic E-state index is 12.3. The lowest BCUT2D eigenvalue weighted by Crippen LogP contribution is -2.24. The van der Waals surface area contributed by atoms with Crippen molar-refractivity contribution in [3.63, 3.8) is 0 Å². The van der Waals surface area contributed by atoms with E-state index in [0.29, 0.717) is 18.7 Å². The zero-order valence-corrected chi connectivity index (χ0v) is 19.5. The number of carbonyl (C=O) groups excluding carboxylic acids is 1. The molecule has 0 atom stereocenters. The fourth-order valence-corrected chi connectivity index (χ4v) is 4.58. The number of imidazole rings is 1. The van der Waals surface area contributed by atoms with Crippen molar-refractivity contribution in [2.75, 3.05) is 6.54 Å². The number of carbonyl (C=O) groups is 1. The largest absolute Gasteiger partial charge is 0.352 e. The third kappa shape index (κ3) is 5.50. The van der Waals surface area contributed by atoms with Crippen LogP contribution in [0.5, 0.6) is 0 Å². The monoisotopic (exact) mass is 464 g/mol. The van der Waals surface area contributed by atoms with Crippen molar-refractivity contribution in [2.45, 2.75) is 37.2 Å². The van der Waals surface area contributed by atoms with E-state index in [4.69, 9.17) is 16.6 Å². The molecule has 0 aliphatic carbocycles. The highest BCUT2D eigenvalue weighted by molar-refractivity contribution is 7.98. The smallest absolute Gasteiger partial charge is 0.251 e. The molecule has 4 aromatic rings. The minimum absolute atomic E-state index is 0.0277. The minimum Gasteiger partial charge on any atom is -0.352 e. The van der Waals surface area contributed by atoms with Crippen LogP contribution in [0.15, 0.2) is 72.1 Å². The van der Waals surface area contributed by atoms with Crippen molar-refractivity contribution in [1.29, 1.82) is 0 Å². The maximum atomic E-state index is 12.3. The molecule has 5 nitrogen and oxygen atoms in total. The number of nitrogens with one attached hydrogen (secondary N) is 1. The molecule has 0 fully saturated rings. The molecule has 2 aromatic heterocycles. The summed E-state index contributed by atoms with van der Waals surface area (Å²) in [7, 11) is 0. The topological polar surface area (TPSA) is 59.8 Å². The molecule has 7 heteroatoms. The van der Waals surface area contributed by atoms with E-state index in [9.17, 15) is 4.79 Å². The number of pyridine rings is 1. The van der Waals surface area contributed by atoms with E-state index in [1.54, 1.807) is 18.0 Å². The second kappa shape index (κ2) is 10.7. The van der Waals surface area contributed by atoms with Crippen LogP contribution in [0.1, 0.15) is 41.3 Å². The molecule has 0 spiro atoms. The Morgan fingerprint density at radius 1 is 1.12 bits per heavy atom. The standard InChI is InChI=1S/C25H25ClN4OS/c1-2-3-12-28-24(31)20-9-7-18(8-10-20)16-30-23-15-27-13-11-22(23)29-25(30)32-17-19-5-4-6-21(26)14-19/h4-11,13-15H,2-3,12,16-17H2,1H3,(H,28,31). The summed E-state index contributed by atoms with van der Waals surface area (Å²) in [6.07, 6.45) is 5.66. The lowest BCUT2D eigenvalue weighted by molar-refractivity contribution is 0.0953. The average molecular weight is 465 g/mol. The molecule has 0 saturated carbocycles. The van der Waals surface area contributed by atoms with Crippen molar-refractivity contribution in [1.82, 2.24) is 19.9 Å². The first-order chi connectivity index (χ1) is 15.6. The van der Waals surface area contributed by atoms with Gasteiger partial charge in [-0.25, -0.2) is 4.98 Å². The third-order valence-corrected chi connectivity index (χ3v) is 6.43. The highest BCUT2D eigenvalue weighted by Crippen LogP contribution is 2.28. The van der Waals surface area contributed by atoms with Crippen molar-refractivity contribution >= 4 is 40.3 Å². The van der Waals surface area contributed by atoms with Crippen LogP contribution in [0.4, 0.5) is 0 Å². The molecule has 2 heterocycles. The van der Waals surface area contributed by atoms with E-state index < -0.39 is 0 Å². The van der Waals surface area contributed by atoms with Crippen molar-refractivity contribution in [3.05, 3.63) is 88.7 Å². The first-order valence-corrected chi connectivity index (χ1v) is 12.0. The molecule has 1 amide bonds. The minimum atomic E-state index is -0.0277. The highest BCUT2D eigenvalue weighted by atomic mass is 35.5. The number of nitrogens with zero attached hydrogens (tertiary/aromatic N) is 3. The van der Waals surface area contributed by atoms with Crippen molar-refractivity contribution in [2.24, 2.45) is 0 Å². The molecule has 0 bridgehead atoms. The summed E-state index contributed by atoms with van der Waals surface area (Å²) < 4.78 is 2.17. The summed E-state index contributed by atoms with van der Waals surface area (Å²) >= 11 is 7.81. The van der Waals surface area contributed by atoms with Gasteiger partial charge in [0, 0.05) is 29.1 Å². The Kier molecular flexibility index (Phi) is 7.45. The fraction of sp³-hybridized carbons (Fsp3) is 0.240. The van der Waals surface area contributed by atoms with Gasteiger partial charge in [0.15, 0.2) is 5.16 Å². The van der Waals surface area contributed by atoms with Gasteiger partial charge in [0.25, 0.3) is 5.91 Å². The molecular formula is C25H25ClN4OS. The van der Waals surface area contributed by atoms with E-state index in [-0.39, 0.29) is 5.91 Å². The Bertz CT molecular complexity index is 1210. The number of hydrogen-bond donors (Lipinski definition) is 1. The van der Waals surface area contributed by atoms with Gasteiger partial charge in [-0.2, -0.15) is 0 Å². The number of amides is 1. The molecule has 0 unspecified atom stereocenters. The van der Waals surface area contributed by atoms with E-state index >= 15 is 0 Å². The van der Waals surface area contributed by atoms with Gasteiger partial charge in [-0.05, 0) is 47.9 Å². The Hall–Kier alpha value is -2.83. The second-order valence-electron chi connectivity index (χ2n) is 7.57. The molecule has 2 aromatic carbocycles. The number of aromatic nitrogens is 3. The lowest BCUT2D eigenvalue weighted by Gasteiger charge is -2.10. The first-order valence-electron chi connectivity index (χ1n) is 10.7. The lowest BCUT2D eigenvalue weighted by atomic mass is 10.1. The van der Waals surface area contributed by atoms with Gasteiger partial charge in [0.05, 0.1) is 23.8 Å². The van der Waals surface area contributed by atoms with E-state index in [2.05, 4.69) is 27.9 Å². The highest BCUT2D eigenvalue weighted by Gasteiger charge is 2.13. The first kappa shape index (κ1) is 22.4. The van der Waals surface area contributed by atoms with Crippen LogP contribution >= 0.6 is 23.4 Å². The average Bonchev–Trinajstić information content (AvgIpc) is 3.16. The van der Waals surface area contributed by atoms with Crippen LogP contribution < -0.4 is 5.32 Å². The van der Waals surface area contributed by atoms with Gasteiger partial charge < -0.3 is 9.88 Å². The van der Waals surface area contributed by atoms with Crippen LogP contribution in [-0.4, -0.2) is 27.0 Å².